The summed E-state index contributed by atoms with van der Waals surface area (Å²) in [6.07, 6.45) is 4.14. The second-order valence-electron chi connectivity index (χ2n) is 5.35. The fraction of sp³-hybridized carbons (Fsp3) is 0.562. The van der Waals surface area contributed by atoms with E-state index in [9.17, 15) is 0 Å². The Labute approximate surface area is 116 Å². The number of hydrogen-bond acceptors (Lipinski definition) is 3. The van der Waals surface area contributed by atoms with Gasteiger partial charge in [-0.25, -0.2) is 0 Å². The van der Waals surface area contributed by atoms with Crippen molar-refractivity contribution < 1.29 is 0 Å². The number of likely N-dealkylation sites (tertiary alicyclic amines) is 1. The van der Waals surface area contributed by atoms with Crippen LogP contribution in [0.2, 0.25) is 0 Å². The first kappa shape index (κ1) is 14.0. The first-order valence-corrected chi connectivity index (χ1v) is 7.21. The highest BCUT2D eigenvalue weighted by atomic mass is 15.2. The third-order valence-electron chi connectivity index (χ3n) is 4.13. The highest BCUT2D eigenvalue weighted by Crippen LogP contribution is 2.29. The number of nitriles is 1. The van der Waals surface area contributed by atoms with Crippen LogP contribution in [-0.2, 0) is 0 Å². The molecule has 1 heterocycles. The van der Waals surface area contributed by atoms with Crippen LogP contribution in [0.1, 0.15) is 37.3 Å². The zero-order valence-corrected chi connectivity index (χ0v) is 11.5. The second-order valence-corrected chi connectivity index (χ2v) is 5.35. The van der Waals surface area contributed by atoms with Crippen molar-refractivity contribution in [1.82, 2.24) is 4.90 Å². The number of rotatable bonds is 5. The first-order chi connectivity index (χ1) is 9.35. The normalized spacial score (nSPS) is 18.9. The molecule has 1 atom stereocenters. The number of nitrogens with zero attached hydrogens (tertiary/aromatic N) is 2. The molecule has 0 aromatic heterocycles. The SMILES string of the molecule is N#CCC(c1ccccc1)N1CCC(CCN)CC1. The summed E-state index contributed by atoms with van der Waals surface area (Å²) in [5.74, 6) is 0.778. The molecule has 1 aliphatic heterocycles. The number of hydrogen-bond donors (Lipinski definition) is 1. The van der Waals surface area contributed by atoms with Gasteiger partial charge in [-0.05, 0) is 50.4 Å². The van der Waals surface area contributed by atoms with E-state index in [1.54, 1.807) is 0 Å². The van der Waals surface area contributed by atoms with Gasteiger partial charge in [0.25, 0.3) is 0 Å². The van der Waals surface area contributed by atoms with E-state index in [0.717, 1.165) is 32.0 Å². The zero-order chi connectivity index (χ0) is 13.5. The van der Waals surface area contributed by atoms with E-state index in [1.807, 2.05) is 6.07 Å². The summed E-state index contributed by atoms with van der Waals surface area (Å²) in [7, 11) is 0. The molecule has 0 radical (unpaired) electrons. The van der Waals surface area contributed by atoms with E-state index in [0.29, 0.717) is 6.42 Å². The first-order valence-electron chi connectivity index (χ1n) is 7.21. The van der Waals surface area contributed by atoms with Gasteiger partial charge in [0.05, 0.1) is 12.5 Å². The van der Waals surface area contributed by atoms with Crippen LogP contribution in [0.15, 0.2) is 30.3 Å². The molecule has 2 rings (SSSR count). The van der Waals surface area contributed by atoms with Crippen molar-refractivity contribution in [3.8, 4) is 6.07 Å². The Bertz CT molecular complexity index is 402. The molecule has 0 spiro atoms. The van der Waals surface area contributed by atoms with E-state index in [-0.39, 0.29) is 6.04 Å². The number of benzene rings is 1. The minimum atomic E-state index is 0.255. The lowest BCUT2D eigenvalue weighted by Crippen LogP contribution is -2.37. The second kappa shape index (κ2) is 7.28. The Balaban J connectivity index is 2.00. The minimum Gasteiger partial charge on any atom is -0.330 e. The van der Waals surface area contributed by atoms with E-state index >= 15 is 0 Å². The summed E-state index contributed by atoms with van der Waals surface area (Å²) in [5, 5.41) is 9.07. The minimum absolute atomic E-state index is 0.255. The molecule has 102 valence electrons. The van der Waals surface area contributed by atoms with Crippen LogP contribution in [-0.4, -0.2) is 24.5 Å². The molecule has 1 fully saturated rings. The van der Waals surface area contributed by atoms with Gasteiger partial charge in [0.2, 0.25) is 0 Å². The maximum atomic E-state index is 9.07. The van der Waals surface area contributed by atoms with Gasteiger partial charge in [-0.15, -0.1) is 0 Å². The molecule has 1 aromatic rings. The predicted molar refractivity (Wildman–Crippen MR) is 77.4 cm³/mol. The number of nitrogens with two attached hydrogens (primary N) is 1. The lowest BCUT2D eigenvalue weighted by molar-refractivity contribution is 0.131. The largest absolute Gasteiger partial charge is 0.330 e. The molecule has 0 saturated carbocycles. The van der Waals surface area contributed by atoms with Crippen molar-refractivity contribution in [3.05, 3.63) is 35.9 Å². The van der Waals surface area contributed by atoms with Crippen molar-refractivity contribution in [3.63, 3.8) is 0 Å². The van der Waals surface area contributed by atoms with Crippen molar-refractivity contribution in [2.24, 2.45) is 11.7 Å². The van der Waals surface area contributed by atoms with Gasteiger partial charge in [0, 0.05) is 6.04 Å². The molecule has 1 unspecified atom stereocenters. The third kappa shape index (κ3) is 3.79. The number of piperidine rings is 1. The molecule has 2 N–H and O–H groups in total. The molecule has 1 saturated heterocycles. The molecule has 1 aliphatic rings. The molecular formula is C16H23N3. The monoisotopic (exact) mass is 257 g/mol. The van der Waals surface area contributed by atoms with Gasteiger partial charge >= 0.3 is 0 Å². The molecule has 0 amide bonds. The van der Waals surface area contributed by atoms with Crippen LogP contribution < -0.4 is 5.73 Å². The van der Waals surface area contributed by atoms with Gasteiger partial charge in [-0.3, -0.25) is 4.90 Å². The van der Waals surface area contributed by atoms with Crippen molar-refractivity contribution in [1.29, 1.82) is 5.26 Å². The maximum Gasteiger partial charge on any atom is 0.0641 e. The highest BCUT2D eigenvalue weighted by Gasteiger charge is 2.25. The third-order valence-corrected chi connectivity index (χ3v) is 4.13. The van der Waals surface area contributed by atoms with Gasteiger partial charge in [0.15, 0.2) is 0 Å². The van der Waals surface area contributed by atoms with Crippen LogP contribution in [0.25, 0.3) is 0 Å². The molecular weight excluding hydrogens is 234 g/mol. The highest BCUT2D eigenvalue weighted by molar-refractivity contribution is 5.20. The molecule has 3 nitrogen and oxygen atoms in total. The molecule has 1 aromatic carbocycles. The van der Waals surface area contributed by atoms with Crippen LogP contribution in [0.3, 0.4) is 0 Å². The fourth-order valence-corrected chi connectivity index (χ4v) is 3.01. The summed E-state index contributed by atoms with van der Waals surface area (Å²) in [6.45, 7) is 2.97. The van der Waals surface area contributed by atoms with Gasteiger partial charge in [-0.2, -0.15) is 5.26 Å². The Morgan fingerprint density at radius 3 is 2.53 bits per heavy atom. The summed E-state index contributed by atoms with van der Waals surface area (Å²) in [5.41, 5.74) is 6.90. The fourth-order valence-electron chi connectivity index (χ4n) is 3.01. The van der Waals surface area contributed by atoms with Crippen LogP contribution >= 0.6 is 0 Å². The van der Waals surface area contributed by atoms with E-state index in [2.05, 4.69) is 35.2 Å². The van der Waals surface area contributed by atoms with Crippen LogP contribution in [0, 0.1) is 17.2 Å². The standard InChI is InChI=1S/C16H23N3/c17-10-6-14-8-12-19(13-9-14)16(7-11-18)15-4-2-1-3-5-15/h1-5,14,16H,6-10,12-13,17H2. The Morgan fingerprint density at radius 1 is 1.26 bits per heavy atom. The molecule has 0 aliphatic carbocycles. The summed E-state index contributed by atoms with van der Waals surface area (Å²) in [6, 6.07) is 13.0. The van der Waals surface area contributed by atoms with Crippen molar-refractivity contribution in [2.75, 3.05) is 19.6 Å². The van der Waals surface area contributed by atoms with Gasteiger partial charge in [0.1, 0.15) is 0 Å². The quantitative estimate of drug-likeness (QED) is 0.882. The Kier molecular flexibility index (Phi) is 5.38. The lowest BCUT2D eigenvalue weighted by Gasteiger charge is -2.37. The predicted octanol–water partition coefficient (Wildman–Crippen LogP) is 2.70. The lowest BCUT2D eigenvalue weighted by atomic mass is 9.91. The summed E-state index contributed by atoms with van der Waals surface area (Å²) < 4.78 is 0. The van der Waals surface area contributed by atoms with Crippen LogP contribution in [0.5, 0.6) is 0 Å². The van der Waals surface area contributed by atoms with Crippen molar-refractivity contribution in [2.45, 2.75) is 31.7 Å². The average molecular weight is 257 g/mol. The molecule has 0 bridgehead atoms. The maximum absolute atomic E-state index is 9.07. The average Bonchev–Trinajstić information content (AvgIpc) is 2.47. The summed E-state index contributed by atoms with van der Waals surface area (Å²) >= 11 is 0. The van der Waals surface area contributed by atoms with Gasteiger partial charge < -0.3 is 5.73 Å². The van der Waals surface area contributed by atoms with E-state index < -0.39 is 0 Å². The Hall–Kier alpha value is -1.37. The van der Waals surface area contributed by atoms with Crippen LogP contribution in [0.4, 0.5) is 0 Å². The van der Waals surface area contributed by atoms with E-state index in [1.165, 1.54) is 18.4 Å². The topological polar surface area (TPSA) is 53.0 Å². The Morgan fingerprint density at radius 2 is 1.95 bits per heavy atom. The van der Waals surface area contributed by atoms with E-state index in [4.69, 9.17) is 11.0 Å². The van der Waals surface area contributed by atoms with Gasteiger partial charge in [-0.1, -0.05) is 30.3 Å². The zero-order valence-electron chi connectivity index (χ0n) is 11.5. The molecule has 3 heteroatoms. The van der Waals surface area contributed by atoms with Crippen molar-refractivity contribution >= 4 is 0 Å². The summed E-state index contributed by atoms with van der Waals surface area (Å²) in [4.78, 5) is 2.46. The smallest absolute Gasteiger partial charge is 0.0641 e. The molecule has 19 heavy (non-hydrogen) atoms.